The molecule has 180 valence electrons. The molecular formula is C26H31N3O5. The first kappa shape index (κ1) is 24.8. The maximum Gasteiger partial charge on any atom is 0.305 e. The second-order valence-corrected chi connectivity index (χ2v) is 8.51. The van der Waals surface area contributed by atoms with E-state index in [1.807, 2.05) is 31.2 Å². The van der Waals surface area contributed by atoms with Gasteiger partial charge < -0.3 is 24.9 Å². The van der Waals surface area contributed by atoms with Gasteiger partial charge in [0.1, 0.15) is 11.5 Å². The minimum Gasteiger partial charge on any atom is -0.481 e. The molecule has 1 unspecified atom stereocenters. The minimum atomic E-state index is -0.947. The van der Waals surface area contributed by atoms with Gasteiger partial charge in [-0.1, -0.05) is 13.8 Å². The Kier molecular flexibility index (Phi) is 8.29. The number of aromatic nitrogens is 1. The molecule has 0 aliphatic heterocycles. The zero-order valence-electron chi connectivity index (χ0n) is 19.9. The summed E-state index contributed by atoms with van der Waals surface area (Å²) in [6.07, 6.45) is 2.50. The predicted octanol–water partition coefficient (Wildman–Crippen LogP) is 5.06. The van der Waals surface area contributed by atoms with E-state index < -0.39 is 5.97 Å². The molecule has 3 aromatic rings. The third kappa shape index (κ3) is 6.60. The summed E-state index contributed by atoms with van der Waals surface area (Å²) in [6.45, 7) is 6.39. The van der Waals surface area contributed by atoms with E-state index in [-0.39, 0.29) is 24.9 Å². The van der Waals surface area contributed by atoms with E-state index in [9.17, 15) is 9.59 Å². The fraction of sp³-hybridized carbons (Fsp3) is 0.346. The highest BCUT2D eigenvalue weighted by Crippen LogP contribution is 2.34. The standard InChI is InChI=1S/C26H31N3O5/c1-16(2)13-22(21-14-23(34-17(21)3)19-7-10-24(33-4)28-15-19)29-20-8-5-18(6-9-20)26(32)27-12-11-25(30)31/h5-10,14-16,22,29H,11-13H2,1-4H3,(H,27,32)(H,30,31). The van der Waals surface area contributed by atoms with Gasteiger partial charge in [-0.3, -0.25) is 9.59 Å². The molecule has 8 heteroatoms. The molecule has 1 atom stereocenters. The van der Waals surface area contributed by atoms with E-state index in [1.165, 1.54) is 0 Å². The third-order valence-electron chi connectivity index (χ3n) is 5.38. The number of carbonyl (C=O) groups excluding carboxylic acids is 1. The quantitative estimate of drug-likeness (QED) is 0.363. The fourth-order valence-corrected chi connectivity index (χ4v) is 3.67. The largest absolute Gasteiger partial charge is 0.481 e. The number of carboxylic acid groups (broad SMARTS) is 1. The topological polar surface area (TPSA) is 114 Å². The van der Waals surface area contributed by atoms with Crippen molar-refractivity contribution in [2.24, 2.45) is 5.92 Å². The number of amides is 1. The van der Waals surface area contributed by atoms with Gasteiger partial charge in [-0.05, 0) is 55.7 Å². The highest BCUT2D eigenvalue weighted by atomic mass is 16.5. The number of carboxylic acids is 1. The molecule has 0 saturated heterocycles. The second-order valence-electron chi connectivity index (χ2n) is 8.51. The number of anilines is 1. The van der Waals surface area contributed by atoms with Crippen LogP contribution in [0.25, 0.3) is 11.3 Å². The van der Waals surface area contributed by atoms with Crippen molar-refractivity contribution in [3.8, 4) is 17.2 Å². The highest BCUT2D eigenvalue weighted by Gasteiger charge is 2.20. The average molecular weight is 466 g/mol. The van der Waals surface area contributed by atoms with Crippen molar-refractivity contribution in [1.82, 2.24) is 10.3 Å². The molecule has 0 radical (unpaired) electrons. The summed E-state index contributed by atoms with van der Waals surface area (Å²) in [5, 5.41) is 14.9. The van der Waals surface area contributed by atoms with Gasteiger partial charge in [-0.2, -0.15) is 0 Å². The number of rotatable bonds is 11. The predicted molar refractivity (Wildman–Crippen MR) is 130 cm³/mol. The van der Waals surface area contributed by atoms with E-state index in [1.54, 1.807) is 31.5 Å². The molecule has 2 heterocycles. The van der Waals surface area contributed by atoms with Gasteiger partial charge in [0.2, 0.25) is 5.88 Å². The lowest BCUT2D eigenvalue weighted by Gasteiger charge is -2.21. The lowest BCUT2D eigenvalue weighted by Crippen LogP contribution is -2.25. The fourth-order valence-electron chi connectivity index (χ4n) is 3.67. The van der Waals surface area contributed by atoms with Gasteiger partial charge in [0.25, 0.3) is 5.91 Å². The van der Waals surface area contributed by atoms with Gasteiger partial charge in [-0.25, -0.2) is 4.98 Å². The van der Waals surface area contributed by atoms with E-state index in [0.717, 1.165) is 34.8 Å². The number of carbonyl (C=O) groups is 2. The molecule has 1 amide bonds. The Morgan fingerprint density at radius 2 is 1.88 bits per heavy atom. The van der Waals surface area contributed by atoms with Crippen molar-refractivity contribution in [2.75, 3.05) is 19.0 Å². The van der Waals surface area contributed by atoms with Crippen LogP contribution >= 0.6 is 0 Å². The molecule has 0 aliphatic rings. The SMILES string of the molecule is COc1ccc(-c2cc(C(CC(C)C)Nc3ccc(C(=O)NCCC(=O)O)cc3)c(C)o2)cn1. The Hall–Kier alpha value is -3.81. The number of furan rings is 1. The van der Waals surface area contributed by atoms with Crippen molar-refractivity contribution < 1.29 is 23.8 Å². The zero-order chi connectivity index (χ0) is 24.7. The van der Waals surface area contributed by atoms with Crippen LogP contribution in [0.15, 0.2) is 53.1 Å². The van der Waals surface area contributed by atoms with Crippen molar-refractivity contribution in [1.29, 1.82) is 0 Å². The Morgan fingerprint density at radius 1 is 1.15 bits per heavy atom. The van der Waals surface area contributed by atoms with E-state index in [2.05, 4.69) is 29.5 Å². The molecule has 34 heavy (non-hydrogen) atoms. The molecule has 2 aromatic heterocycles. The Morgan fingerprint density at radius 3 is 2.47 bits per heavy atom. The number of benzene rings is 1. The smallest absolute Gasteiger partial charge is 0.305 e. The number of nitrogens with one attached hydrogen (secondary N) is 2. The van der Waals surface area contributed by atoms with Crippen molar-refractivity contribution in [2.45, 2.75) is 39.7 Å². The van der Waals surface area contributed by atoms with Crippen LogP contribution < -0.4 is 15.4 Å². The Labute approximate surface area is 199 Å². The lowest BCUT2D eigenvalue weighted by atomic mass is 9.96. The zero-order valence-corrected chi connectivity index (χ0v) is 19.9. The maximum atomic E-state index is 12.2. The lowest BCUT2D eigenvalue weighted by molar-refractivity contribution is -0.136. The number of methoxy groups -OCH3 is 1. The van der Waals surface area contributed by atoms with Crippen LogP contribution in [0.4, 0.5) is 5.69 Å². The molecule has 0 spiro atoms. The van der Waals surface area contributed by atoms with E-state index >= 15 is 0 Å². The molecular weight excluding hydrogens is 434 g/mol. The average Bonchev–Trinajstić information content (AvgIpc) is 3.20. The first-order valence-electron chi connectivity index (χ1n) is 11.2. The Balaban J connectivity index is 1.75. The molecule has 0 saturated carbocycles. The van der Waals surface area contributed by atoms with Crippen LogP contribution in [0.3, 0.4) is 0 Å². The normalized spacial score (nSPS) is 11.8. The number of aliphatic carboxylic acids is 1. The van der Waals surface area contributed by atoms with Crippen molar-refractivity contribution >= 4 is 17.6 Å². The molecule has 0 aliphatic carbocycles. The summed E-state index contributed by atoms with van der Waals surface area (Å²) in [6, 6.07) is 12.9. The molecule has 0 fully saturated rings. The summed E-state index contributed by atoms with van der Waals surface area (Å²) in [4.78, 5) is 27.1. The summed E-state index contributed by atoms with van der Waals surface area (Å²) >= 11 is 0. The maximum absolute atomic E-state index is 12.2. The van der Waals surface area contributed by atoms with Crippen LogP contribution in [0.5, 0.6) is 5.88 Å². The van der Waals surface area contributed by atoms with E-state index in [4.69, 9.17) is 14.3 Å². The molecule has 3 N–H and O–H groups in total. The van der Waals surface area contributed by atoms with Gasteiger partial charge in [0.05, 0.1) is 19.6 Å². The Bertz CT molecular complexity index is 1100. The number of ether oxygens (including phenoxy) is 1. The summed E-state index contributed by atoms with van der Waals surface area (Å²) in [7, 11) is 1.58. The first-order chi connectivity index (χ1) is 16.3. The third-order valence-corrected chi connectivity index (χ3v) is 5.38. The molecule has 8 nitrogen and oxygen atoms in total. The van der Waals surface area contributed by atoms with Crippen LogP contribution in [0.1, 0.15) is 54.4 Å². The van der Waals surface area contributed by atoms with Gasteiger partial charge in [-0.15, -0.1) is 0 Å². The van der Waals surface area contributed by atoms with Gasteiger partial charge in [0, 0.05) is 41.2 Å². The summed E-state index contributed by atoms with van der Waals surface area (Å²) in [5.41, 5.74) is 3.29. The van der Waals surface area contributed by atoms with Crippen molar-refractivity contribution in [3.63, 3.8) is 0 Å². The second kappa shape index (κ2) is 11.4. The van der Waals surface area contributed by atoms with Crippen LogP contribution in [0, 0.1) is 12.8 Å². The van der Waals surface area contributed by atoms with Crippen LogP contribution in [0.2, 0.25) is 0 Å². The molecule has 0 bridgehead atoms. The van der Waals surface area contributed by atoms with E-state index in [0.29, 0.717) is 17.4 Å². The monoisotopic (exact) mass is 465 g/mol. The number of hydrogen-bond acceptors (Lipinski definition) is 6. The highest BCUT2D eigenvalue weighted by molar-refractivity contribution is 5.94. The van der Waals surface area contributed by atoms with Crippen LogP contribution in [-0.2, 0) is 4.79 Å². The molecule has 3 rings (SSSR count). The molecule has 1 aromatic carbocycles. The van der Waals surface area contributed by atoms with Gasteiger partial charge in [0.15, 0.2) is 0 Å². The number of hydrogen-bond donors (Lipinski definition) is 3. The number of nitrogens with zero attached hydrogens (tertiary/aromatic N) is 1. The van der Waals surface area contributed by atoms with Gasteiger partial charge >= 0.3 is 5.97 Å². The van der Waals surface area contributed by atoms with Crippen molar-refractivity contribution in [3.05, 3.63) is 65.5 Å². The number of pyridine rings is 1. The number of aryl methyl sites for hydroxylation is 1. The van der Waals surface area contributed by atoms with Crippen LogP contribution in [-0.4, -0.2) is 35.6 Å². The summed E-state index contributed by atoms with van der Waals surface area (Å²) in [5.74, 6) is 1.32. The first-order valence-corrected chi connectivity index (χ1v) is 11.2. The summed E-state index contributed by atoms with van der Waals surface area (Å²) < 4.78 is 11.2. The minimum absolute atomic E-state index is 0.0129.